The molecule has 2 rings (SSSR count). The number of amides is 1. The summed E-state index contributed by atoms with van der Waals surface area (Å²) in [4.78, 5) is 25.6. The Labute approximate surface area is 156 Å². The summed E-state index contributed by atoms with van der Waals surface area (Å²) in [7, 11) is 3.07. The number of methoxy groups -OCH3 is 2. The van der Waals surface area contributed by atoms with Crippen LogP contribution in [-0.2, 0) is 0 Å². The molecule has 10 heteroatoms. The van der Waals surface area contributed by atoms with Crippen LogP contribution in [0.3, 0.4) is 0 Å². The maximum absolute atomic E-state index is 11.9. The highest BCUT2D eigenvalue weighted by Gasteiger charge is 2.11. The van der Waals surface area contributed by atoms with Gasteiger partial charge in [0.2, 0.25) is 0 Å². The summed E-state index contributed by atoms with van der Waals surface area (Å²) in [6.07, 6.45) is 2.45. The van der Waals surface area contributed by atoms with Crippen LogP contribution in [0.25, 0.3) is 0 Å². The summed E-state index contributed by atoms with van der Waals surface area (Å²) in [5, 5.41) is 14.4. The molecular weight excluding hydrogens is 443 g/mol. The number of hydrazone groups is 1. The largest absolute Gasteiger partial charge is 0.493 e. The fraction of sp³-hybridized carbons (Fsp3) is 0.133. The number of hydrogen-bond donors (Lipinski definition) is 1. The molecule has 2 aromatic rings. The van der Waals surface area contributed by atoms with Gasteiger partial charge >= 0.3 is 0 Å². The number of carbonyl (C=O) groups is 1. The number of pyridine rings is 1. The topological polar surface area (TPSA) is 116 Å². The van der Waals surface area contributed by atoms with E-state index in [1.54, 1.807) is 13.2 Å². The molecule has 9 nitrogen and oxygen atoms in total. The van der Waals surface area contributed by atoms with Crippen LogP contribution in [0.1, 0.15) is 16.1 Å². The Kier molecular flexibility index (Phi) is 6.22. The van der Waals surface area contributed by atoms with Gasteiger partial charge in [0.15, 0.2) is 11.5 Å². The van der Waals surface area contributed by atoms with Crippen molar-refractivity contribution in [3.8, 4) is 11.5 Å². The second-order valence-corrected chi connectivity index (χ2v) is 5.76. The molecule has 1 aromatic heterocycles. The summed E-state index contributed by atoms with van der Waals surface area (Å²) in [6, 6.07) is 5.97. The van der Waals surface area contributed by atoms with Crippen molar-refractivity contribution >= 4 is 40.4 Å². The Morgan fingerprint density at radius 1 is 1.36 bits per heavy atom. The van der Waals surface area contributed by atoms with E-state index >= 15 is 0 Å². The summed E-state index contributed by atoms with van der Waals surface area (Å²) in [6.45, 7) is 0. The number of carbonyl (C=O) groups excluding carboxylic acids is 1. The number of nitrogens with zero attached hydrogens (tertiary/aromatic N) is 3. The maximum Gasteiger partial charge on any atom is 0.289 e. The lowest BCUT2D eigenvalue weighted by Gasteiger charge is -2.10. The molecule has 0 bridgehead atoms. The van der Waals surface area contributed by atoms with Gasteiger partial charge in [-0.3, -0.25) is 14.9 Å². The molecule has 0 aliphatic heterocycles. The first kappa shape index (κ1) is 18.6. The van der Waals surface area contributed by atoms with Crippen LogP contribution in [-0.4, -0.2) is 36.2 Å². The molecule has 1 aromatic carbocycles. The average Bonchev–Trinajstić information content (AvgIpc) is 2.61. The highest BCUT2D eigenvalue weighted by atomic mass is 127. The number of nitrogens with one attached hydrogen (secondary N) is 1. The van der Waals surface area contributed by atoms with Crippen molar-refractivity contribution in [2.45, 2.75) is 0 Å². The first-order valence-electron chi connectivity index (χ1n) is 6.81. The third-order valence-corrected chi connectivity index (χ3v) is 3.83. The predicted octanol–water partition coefficient (Wildman–Crippen LogP) is 2.38. The van der Waals surface area contributed by atoms with Gasteiger partial charge in [-0.1, -0.05) is 0 Å². The molecule has 0 aliphatic rings. The maximum atomic E-state index is 11.9. The lowest BCUT2D eigenvalue weighted by atomic mass is 10.2. The van der Waals surface area contributed by atoms with E-state index in [4.69, 9.17) is 9.47 Å². The standard InChI is InChI=1S/C15H13IN4O5/c1-24-13-6-9(5-11(16)14(13)25-2)7-18-19-15(21)12-4-3-10(8-17-12)20(22)23/h3-8H,1-2H3,(H,19,21)/b18-7+. The van der Waals surface area contributed by atoms with Gasteiger partial charge in [0.05, 0.1) is 28.9 Å². The van der Waals surface area contributed by atoms with E-state index in [1.165, 1.54) is 25.5 Å². The van der Waals surface area contributed by atoms with Crippen LogP contribution in [0, 0.1) is 13.7 Å². The van der Waals surface area contributed by atoms with Crippen LogP contribution in [0.5, 0.6) is 11.5 Å². The highest BCUT2D eigenvalue weighted by molar-refractivity contribution is 14.1. The number of hydrogen-bond acceptors (Lipinski definition) is 7. The fourth-order valence-corrected chi connectivity index (χ4v) is 2.71. The molecule has 0 atom stereocenters. The van der Waals surface area contributed by atoms with Gasteiger partial charge in [-0.15, -0.1) is 0 Å². The van der Waals surface area contributed by atoms with Gasteiger partial charge in [-0.2, -0.15) is 5.10 Å². The van der Waals surface area contributed by atoms with Crippen LogP contribution >= 0.6 is 22.6 Å². The van der Waals surface area contributed by atoms with E-state index in [2.05, 4.69) is 38.1 Å². The summed E-state index contributed by atoms with van der Waals surface area (Å²) < 4.78 is 11.3. The zero-order valence-corrected chi connectivity index (χ0v) is 15.4. The number of ether oxygens (including phenoxy) is 2. The Hall–Kier alpha value is -2.76. The van der Waals surface area contributed by atoms with Crippen LogP contribution in [0.2, 0.25) is 0 Å². The minimum atomic E-state index is -0.592. The molecule has 1 N–H and O–H groups in total. The van der Waals surface area contributed by atoms with Gasteiger partial charge in [0, 0.05) is 6.07 Å². The Morgan fingerprint density at radius 3 is 2.68 bits per heavy atom. The number of rotatable bonds is 6. The molecule has 1 heterocycles. The van der Waals surface area contributed by atoms with E-state index < -0.39 is 10.8 Å². The minimum absolute atomic E-state index is 0.0182. The Balaban J connectivity index is 2.08. The smallest absolute Gasteiger partial charge is 0.289 e. The van der Waals surface area contributed by atoms with Crippen molar-refractivity contribution < 1.29 is 19.2 Å². The van der Waals surface area contributed by atoms with Crippen LogP contribution in [0.4, 0.5) is 5.69 Å². The number of aromatic nitrogens is 1. The number of halogens is 1. The van der Waals surface area contributed by atoms with E-state index in [-0.39, 0.29) is 11.4 Å². The SMILES string of the molecule is COc1cc(/C=N/NC(=O)c2ccc([N+](=O)[O-])cn2)cc(I)c1OC. The van der Waals surface area contributed by atoms with Crippen molar-refractivity contribution in [2.24, 2.45) is 5.10 Å². The third kappa shape index (κ3) is 4.62. The van der Waals surface area contributed by atoms with E-state index in [0.29, 0.717) is 17.1 Å². The number of nitro groups is 1. The van der Waals surface area contributed by atoms with E-state index in [0.717, 1.165) is 9.77 Å². The molecule has 0 aliphatic carbocycles. The van der Waals surface area contributed by atoms with Crippen LogP contribution < -0.4 is 14.9 Å². The van der Waals surface area contributed by atoms with Crippen molar-refractivity contribution in [3.05, 3.63) is 55.4 Å². The van der Waals surface area contributed by atoms with E-state index in [1.807, 2.05) is 6.07 Å². The number of benzene rings is 1. The summed E-state index contributed by atoms with van der Waals surface area (Å²) in [5.74, 6) is 0.569. The normalized spacial score (nSPS) is 10.5. The average molecular weight is 456 g/mol. The molecule has 0 radical (unpaired) electrons. The first-order chi connectivity index (χ1) is 12.0. The second-order valence-electron chi connectivity index (χ2n) is 4.60. The quantitative estimate of drug-likeness (QED) is 0.309. The molecule has 0 fully saturated rings. The van der Waals surface area contributed by atoms with Gasteiger partial charge in [0.25, 0.3) is 11.6 Å². The summed E-state index contributed by atoms with van der Waals surface area (Å²) in [5.41, 5.74) is 2.82. The molecule has 0 saturated heterocycles. The molecule has 0 spiro atoms. The third-order valence-electron chi connectivity index (χ3n) is 3.03. The van der Waals surface area contributed by atoms with Crippen LogP contribution in [0.15, 0.2) is 35.6 Å². The highest BCUT2D eigenvalue weighted by Crippen LogP contribution is 2.32. The van der Waals surface area contributed by atoms with E-state index in [9.17, 15) is 14.9 Å². The van der Waals surface area contributed by atoms with Crippen molar-refractivity contribution in [3.63, 3.8) is 0 Å². The Bertz CT molecular complexity index is 823. The fourth-order valence-electron chi connectivity index (χ4n) is 1.86. The second kappa shape index (κ2) is 8.37. The van der Waals surface area contributed by atoms with Crippen molar-refractivity contribution in [1.29, 1.82) is 0 Å². The summed E-state index contributed by atoms with van der Waals surface area (Å²) >= 11 is 2.10. The van der Waals surface area contributed by atoms with Crippen molar-refractivity contribution in [1.82, 2.24) is 10.4 Å². The first-order valence-corrected chi connectivity index (χ1v) is 7.89. The predicted molar refractivity (Wildman–Crippen MR) is 98.2 cm³/mol. The monoisotopic (exact) mass is 456 g/mol. The molecule has 1 amide bonds. The van der Waals surface area contributed by atoms with Crippen molar-refractivity contribution in [2.75, 3.05) is 14.2 Å². The zero-order valence-electron chi connectivity index (χ0n) is 13.2. The zero-order chi connectivity index (χ0) is 18.4. The molecule has 0 saturated carbocycles. The molecule has 25 heavy (non-hydrogen) atoms. The minimum Gasteiger partial charge on any atom is -0.493 e. The molecular formula is C15H13IN4O5. The lowest BCUT2D eigenvalue weighted by molar-refractivity contribution is -0.385. The van der Waals surface area contributed by atoms with Gasteiger partial charge in [0.1, 0.15) is 11.9 Å². The lowest BCUT2D eigenvalue weighted by Crippen LogP contribution is -2.18. The van der Waals surface area contributed by atoms with Gasteiger partial charge in [-0.05, 0) is 46.4 Å². The Morgan fingerprint density at radius 2 is 2.12 bits per heavy atom. The molecule has 0 unspecified atom stereocenters. The molecule has 130 valence electrons. The van der Waals surface area contributed by atoms with Gasteiger partial charge < -0.3 is 9.47 Å². The van der Waals surface area contributed by atoms with Gasteiger partial charge in [-0.25, -0.2) is 10.4 Å².